The molecule has 2 N–H and O–H groups in total. The summed E-state index contributed by atoms with van der Waals surface area (Å²) in [4.78, 5) is 14.7. The average Bonchev–Trinajstić information content (AvgIpc) is 2.85. The van der Waals surface area contributed by atoms with Gasteiger partial charge in [0.1, 0.15) is 5.75 Å². The second-order valence-electron chi connectivity index (χ2n) is 9.89. The molecule has 1 aromatic rings. The lowest BCUT2D eigenvalue weighted by Gasteiger charge is -2.47. The Hall–Kier alpha value is -1.71. The van der Waals surface area contributed by atoms with Crippen LogP contribution in [0.2, 0.25) is 0 Å². The van der Waals surface area contributed by atoms with E-state index in [0.717, 1.165) is 12.8 Å². The van der Waals surface area contributed by atoms with Gasteiger partial charge < -0.3 is 34.3 Å². The van der Waals surface area contributed by atoms with E-state index in [1.165, 1.54) is 36.8 Å². The van der Waals surface area contributed by atoms with Gasteiger partial charge in [0.15, 0.2) is 0 Å². The minimum atomic E-state index is -0.406. The van der Waals surface area contributed by atoms with Gasteiger partial charge in [-0.2, -0.15) is 0 Å². The Balaban J connectivity index is 1.67. The van der Waals surface area contributed by atoms with Gasteiger partial charge >= 0.3 is 6.09 Å². The average molecular weight is 493 g/mol. The number of methoxy groups -OCH3 is 2. The summed E-state index contributed by atoms with van der Waals surface area (Å²) in [6.07, 6.45) is 6.57. The lowest BCUT2D eigenvalue weighted by atomic mass is 9.60. The molecular weight excluding hydrogens is 448 g/mol. The normalized spacial score (nSPS) is 23.8. The Bertz CT molecular complexity index is 777. The van der Waals surface area contributed by atoms with Crippen molar-refractivity contribution in [1.29, 1.82) is 0 Å². The fraction of sp³-hybridized carbons (Fsp3) is 0.741. The van der Waals surface area contributed by atoms with Gasteiger partial charge in [0.2, 0.25) is 0 Å². The summed E-state index contributed by atoms with van der Waals surface area (Å²) >= 11 is 0. The van der Waals surface area contributed by atoms with Gasteiger partial charge in [0, 0.05) is 38.8 Å². The van der Waals surface area contributed by atoms with E-state index in [9.17, 15) is 4.79 Å². The summed E-state index contributed by atoms with van der Waals surface area (Å²) < 4.78 is 27.0. The van der Waals surface area contributed by atoms with Crippen LogP contribution in [0.3, 0.4) is 0 Å². The van der Waals surface area contributed by atoms with E-state index in [-0.39, 0.29) is 11.5 Å². The Morgan fingerprint density at radius 1 is 1.00 bits per heavy atom. The smallest absolute Gasteiger partial charge is 0.410 e. The molecule has 2 aliphatic rings. The molecule has 8 nitrogen and oxygen atoms in total. The van der Waals surface area contributed by atoms with Crippen molar-refractivity contribution in [2.24, 2.45) is 11.7 Å². The summed E-state index contributed by atoms with van der Waals surface area (Å²) in [5, 5.41) is 0. The van der Waals surface area contributed by atoms with Crippen LogP contribution in [0.25, 0.3) is 0 Å². The van der Waals surface area contributed by atoms with Crippen LogP contribution in [0.15, 0.2) is 18.2 Å². The van der Waals surface area contributed by atoms with E-state index in [4.69, 9.17) is 29.4 Å². The van der Waals surface area contributed by atoms with Gasteiger partial charge in [-0.05, 0) is 48.4 Å². The fourth-order valence-electron chi connectivity index (χ4n) is 5.39. The Labute approximate surface area is 210 Å². The molecule has 35 heavy (non-hydrogen) atoms. The van der Waals surface area contributed by atoms with Crippen LogP contribution >= 0.6 is 0 Å². The van der Waals surface area contributed by atoms with Crippen LogP contribution in [0, 0.1) is 5.92 Å². The molecule has 198 valence electrons. The van der Waals surface area contributed by atoms with E-state index < -0.39 is 6.09 Å². The summed E-state index contributed by atoms with van der Waals surface area (Å²) in [5.74, 6) is 1.08. The van der Waals surface area contributed by atoms with E-state index in [1.807, 2.05) is 12.1 Å². The van der Waals surface area contributed by atoms with E-state index in [1.54, 1.807) is 19.1 Å². The van der Waals surface area contributed by atoms with Gasteiger partial charge in [-0.15, -0.1) is 0 Å². The minimum absolute atomic E-state index is 0.0921. The third-order valence-corrected chi connectivity index (χ3v) is 7.53. The largest absolute Gasteiger partial charge is 0.415 e. The molecule has 1 amide bonds. The molecule has 2 bridgehead atoms. The van der Waals surface area contributed by atoms with Crippen LogP contribution in [0.5, 0.6) is 5.75 Å². The fourth-order valence-corrected chi connectivity index (χ4v) is 5.39. The molecule has 3 atom stereocenters. The molecule has 1 aromatic carbocycles. The number of ether oxygens (including phenoxy) is 5. The van der Waals surface area contributed by atoms with Gasteiger partial charge in [-0.1, -0.05) is 32.3 Å². The molecule has 0 radical (unpaired) electrons. The monoisotopic (exact) mass is 492 g/mol. The highest BCUT2D eigenvalue weighted by atomic mass is 16.6. The third-order valence-electron chi connectivity index (χ3n) is 7.53. The van der Waals surface area contributed by atoms with Crippen molar-refractivity contribution in [2.75, 3.05) is 67.0 Å². The molecule has 0 saturated heterocycles. The first-order valence-corrected chi connectivity index (χ1v) is 13.0. The van der Waals surface area contributed by atoms with Crippen LogP contribution in [0.1, 0.15) is 50.2 Å². The standard InChI is InChI=1S/C27H44N2O6/c1-27-10-6-4-5-7-22(25(27)28)19-21-8-9-23(20-24(21)27)35-26(30)29(11-13-33-17-15-31-2)12-14-34-18-16-32-3/h8-9,20,22,25H,4-7,10-19,28H2,1-3H3/t22-,25-,27+/m0/s1. The van der Waals surface area contributed by atoms with Crippen molar-refractivity contribution < 1.29 is 28.5 Å². The maximum absolute atomic E-state index is 13.1. The molecule has 0 aromatic heterocycles. The molecule has 0 spiro atoms. The first kappa shape index (κ1) is 27.9. The maximum Gasteiger partial charge on any atom is 0.415 e. The minimum Gasteiger partial charge on any atom is -0.410 e. The zero-order chi connectivity index (χ0) is 25.1. The zero-order valence-corrected chi connectivity index (χ0v) is 21.8. The van der Waals surface area contributed by atoms with Crippen molar-refractivity contribution in [3.63, 3.8) is 0 Å². The molecule has 0 aliphatic heterocycles. The summed E-state index contributed by atoms with van der Waals surface area (Å²) in [7, 11) is 3.26. The third kappa shape index (κ3) is 7.64. The molecule has 0 unspecified atom stereocenters. The summed E-state index contributed by atoms with van der Waals surface area (Å²) in [6, 6.07) is 6.22. The second-order valence-corrected chi connectivity index (χ2v) is 9.89. The van der Waals surface area contributed by atoms with E-state index in [0.29, 0.717) is 64.4 Å². The Kier molecular flexibility index (Phi) is 11.3. The molecule has 3 rings (SSSR count). The van der Waals surface area contributed by atoms with Crippen LogP contribution in [-0.4, -0.2) is 84.0 Å². The molecular formula is C27H44N2O6. The summed E-state index contributed by atoms with van der Waals surface area (Å²) in [5.41, 5.74) is 9.31. The number of hydrogen-bond donors (Lipinski definition) is 1. The lowest BCUT2D eigenvalue weighted by Crippen LogP contribution is -2.52. The quantitative estimate of drug-likeness (QED) is 0.421. The number of nitrogens with zero attached hydrogens (tertiary/aromatic N) is 1. The van der Waals surface area contributed by atoms with Gasteiger partial charge in [0.25, 0.3) is 0 Å². The van der Waals surface area contributed by atoms with Crippen molar-refractivity contribution in [3.05, 3.63) is 29.3 Å². The van der Waals surface area contributed by atoms with Crippen molar-refractivity contribution in [1.82, 2.24) is 4.90 Å². The number of nitrogens with two attached hydrogens (primary N) is 1. The Morgan fingerprint density at radius 3 is 2.34 bits per heavy atom. The van der Waals surface area contributed by atoms with Crippen LogP contribution in [-0.2, 0) is 30.8 Å². The number of rotatable bonds is 13. The highest BCUT2D eigenvalue weighted by molar-refractivity contribution is 5.71. The maximum atomic E-state index is 13.1. The van der Waals surface area contributed by atoms with Crippen LogP contribution in [0.4, 0.5) is 4.79 Å². The van der Waals surface area contributed by atoms with Gasteiger partial charge in [0.05, 0.1) is 39.6 Å². The number of fused-ring (bicyclic) bond motifs is 4. The lowest BCUT2D eigenvalue weighted by molar-refractivity contribution is 0.0400. The topological polar surface area (TPSA) is 92.5 Å². The molecule has 1 saturated carbocycles. The van der Waals surface area contributed by atoms with E-state index in [2.05, 4.69) is 13.0 Å². The van der Waals surface area contributed by atoms with Gasteiger partial charge in [-0.25, -0.2) is 4.79 Å². The molecule has 0 heterocycles. The van der Waals surface area contributed by atoms with Crippen molar-refractivity contribution in [3.8, 4) is 5.75 Å². The molecule has 2 aliphatic carbocycles. The predicted molar refractivity (Wildman–Crippen MR) is 135 cm³/mol. The van der Waals surface area contributed by atoms with Crippen molar-refractivity contribution >= 4 is 6.09 Å². The number of hydrogen-bond acceptors (Lipinski definition) is 7. The van der Waals surface area contributed by atoms with Crippen molar-refractivity contribution in [2.45, 2.75) is 56.9 Å². The predicted octanol–water partition coefficient (Wildman–Crippen LogP) is 3.53. The SMILES string of the molecule is COCCOCCN(CCOCCOC)C(=O)Oc1ccc2c(c1)[C@@]1(C)CCCCC[C@@H](C2)[C@@H]1N. The zero-order valence-electron chi connectivity index (χ0n) is 21.8. The molecule has 1 fully saturated rings. The van der Waals surface area contributed by atoms with Gasteiger partial charge in [-0.3, -0.25) is 0 Å². The summed E-state index contributed by atoms with van der Waals surface area (Å²) in [6.45, 7) is 5.90. The number of carbonyl (C=O) groups excluding carboxylic acids is 1. The Morgan fingerprint density at radius 2 is 1.69 bits per heavy atom. The van der Waals surface area contributed by atoms with Crippen LogP contribution < -0.4 is 10.5 Å². The number of benzene rings is 1. The van der Waals surface area contributed by atoms with E-state index >= 15 is 0 Å². The second kappa shape index (κ2) is 14.1. The highest BCUT2D eigenvalue weighted by Crippen LogP contribution is 2.46. The first-order valence-electron chi connectivity index (χ1n) is 13.0. The number of carbonyl (C=O) groups is 1. The first-order chi connectivity index (χ1) is 17.0. The molecule has 8 heteroatoms. The number of amides is 1. The highest BCUT2D eigenvalue weighted by Gasteiger charge is 2.43.